The largest absolute Gasteiger partial charge is 0.479 e. The normalized spacial score (nSPS) is 13.8. The summed E-state index contributed by atoms with van der Waals surface area (Å²) in [6.45, 7) is 7.29. The van der Waals surface area contributed by atoms with Crippen molar-refractivity contribution in [1.29, 1.82) is 0 Å². The summed E-state index contributed by atoms with van der Waals surface area (Å²) in [5.74, 6) is 0.112. The van der Waals surface area contributed by atoms with Gasteiger partial charge in [0.25, 0.3) is 0 Å². The molecule has 0 saturated carbocycles. The van der Waals surface area contributed by atoms with Crippen LogP contribution in [-0.2, 0) is 9.53 Å². The Labute approximate surface area is 108 Å². The van der Waals surface area contributed by atoms with Gasteiger partial charge in [-0.3, -0.25) is 0 Å². The maximum absolute atomic E-state index is 11.5. The summed E-state index contributed by atoms with van der Waals surface area (Å²) < 4.78 is 10.4. The van der Waals surface area contributed by atoms with E-state index in [-0.39, 0.29) is 0 Å². The fourth-order valence-corrected chi connectivity index (χ4v) is 1.59. The number of carbonyl (C=O) groups is 1. The van der Waals surface area contributed by atoms with Crippen LogP contribution in [0, 0.1) is 6.92 Å². The molecule has 0 aliphatic carbocycles. The van der Waals surface area contributed by atoms with Crippen molar-refractivity contribution in [3.05, 3.63) is 29.3 Å². The Bertz CT molecular complexity index is 412. The van der Waals surface area contributed by atoms with Crippen LogP contribution in [0.3, 0.4) is 0 Å². The van der Waals surface area contributed by atoms with E-state index in [1.54, 1.807) is 32.9 Å². The lowest BCUT2D eigenvalue weighted by atomic mass is 10.1. The molecule has 2 atom stereocenters. The Balaban J connectivity index is 2.88. The van der Waals surface area contributed by atoms with E-state index in [9.17, 15) is 9.90 Å². The molecule has 0 radical (unpaired) electrons. The highest BCUT2D eigenvalue weighted by Crippen LogP contribution is 2.27. The Morgan fingerprint density at radius 2 is 2.06 bits per heavy atom. The van der Waals surface area contributed by atoms with Gasteiger partial charge in [0.05, 0.1) is 12.7 Å². The molecule has 0 aromatic heterocycles. The van der Waals surface area contributed by atoms with Crippen LogP contribution in [0.1, 0.15) is 38.0 Å². The smallest absolute Gasteiger partial charge is 0.347 e. The quantitative estimate of drug-likeness (QED) is 0.817. The summed E-state index contributed by atoms with van der Waals surface area (Å²) in [5.41, 5.74) is 1.67. The Morgan fingerprint density at radius 3 is 2.61 bits per heavy atom. The van der Waals surface area contributed by atoms with Crippen molar-refractivity contribution in [3.63, 3.8) is 0 Å². The van der Waals surface area contributed by atoms with Crippen LogP contribution >= 0.6 is 0 Å². The summed E-state index contributed by atoms with van der Waals surface area (Å²) in [4.78, 5) is 11.5. The second-order valence-electron chi connectivity index (χ2n) is 4.23. The van der Waals surface area contributed by atoms with E-state index in [1.807, 2.05) is 13.0 Å². The lowest BCUT2D eigenvalue weighted by molar-refractivity contribution is -0.150. The summed E-state index contributed by atoms with van der Waals surface area (Å²) in [5, 5.41) is 9.65. The highest BCUT2D eigenvalue weighted by Gasteiger charge is 2.18. The van der Waals surface area contributed by atoms with Crippen molar-refractivity contribution in [2.75, 3.05) is 6.61 Å². The zero-order chi connectivity index (χ0) is 13.7. The van der Waals surface area contributed by atoms with Gasteiger partial charge in [0.1, 0.15) is 5.75 Å². The molecule has 1 N–H and O–H groups in total. The zero-order valence-corrected chi connectivity index (χ0v) is 11.3. The van der Waals surface area contributed by atoms with E-state index in [0.717, 1.165) is 5.56 Å². The maximum atomic E-state index is 11.5. The first kappa shape index (κ1) is 14.5. The van der Waals surface area contributed by atoms with Crippen LogP contribution in [0.25, 0.3) is 0 Å². The van der Waals surface area contributed by atoms with Crippen molar-refractivity contribution in [3.8, 4) is 5.75 Å². The molecular weight excluding hydrogens is 232 g/mol. The topological polar surface area (TPSA) is 55.8 Å². The molecule has 4 nitrogen and oxygen atoms in total. The average molecular weight is 252 g/mol. The van der Waals surface area contributed by atoms with Gasteiger partial charge in [0.2, 0.25) is 0 Å². The van der Waals surface area contributed by atoms with Crippen LogP contribution in [0.15, 0.2) is 18.2 Å². The molecule has 1 unspecified atom stereocenters. The molecule has 100 valence electrons. The minimum atomic E-state index is -0.691. The summed E-state index contributed by atoms with van der Waals surface area (Å²) >= 11 is 0. The molecule has 1 aromatic carbocycles. The van der Waals surface area contributed by atoms with Crippen molar-refractivity contribution in [2.24, 2.45) is 0 Å². The molecule has 0 aliphatic heterocycles. The minimum absolute atomic E-state index is 0.323. The lowest BCUT2D eigenvalue weighted by Gasteiger charge is -2.18. The van der Waals surface area contributed by atoms with E-state index >= 15 is 0 Å². The molecular formula is C14H20O4. The van der Waals surface area contributed by atoms with E-state index < -0.39 is 18.2 Å². The van der Waals surface area contributed by atoms with Crippen LogP contribution in [0.5, 0.6) is 5.75 Å². The molecule has 18 heavy (non-hydrogen) atoms. The predicted molar refractivity (Wildman–Crippen MR) is 68.5 cm³/mol. The molecule has 0 amide bonds. The highest BCUT2D eigenvalue weighted by atomic mass is 16.6. The first-order chi connectivity index (χ1) is 8.45. The van der Waals surface area contributed by atoms with Gasteiger partial charge in [-0.2, -0.15) is 0 Å². The second kappa shape index (κ2) is 6.40. The van der Waals surface area contributed by atoms with Gasteiger partial charge in [0.15, 0.2) is 6.10 Å². The maximum Gasteiger partial charge on any atom is 0.347 e. The van der Waals surface area contributed by atoms with E-state index in [4.69, 9.17) is 9.47 Å². The number of carbonyl (C=O) groups excluding carboxylic acids is 1. The summed E-state index contributed by atoms with van der Waals surface area (Å²) in [6.07, 6.45) is -1.33. The number of benzene rings is 1. The van der Waals surface area contributed by atoms with Crippen molar-refractivity contribution in [2.45, 2.75) is 39.9 Å². The van der Waals surface area contributed by atoms with Gasteiger partial charge < -0.3 is 14.6 Å². The monoisotopic (exact) mass is 252 g/mol. The summed E-state index contributed by atoms with van der Waals surface area (Å²) in [7, 11) is 0. The van der Waals surface area contributed by atoms with Gasteiger partial charge in [0, 0.05) is 5.56 Å². The van der Waals surface area contributed by atoms with Crippen molar-refractivity contribution < 1.29 is 19.4 Å². The van der Waals surface area contributed by atoms with Gasteiger partial charge in [-0.1, -0.05) is 12.1 Å². The first-order valence-corrected chi connectivity index (χ1v) is 6.07. The number of ether oxygens (including phenoxy) is 2. The third-order valence-electron chi connectivity index (χ3n) is 2.54. The number of aliphatic hydroxyl groups excluding tert-OH is 1. The number of aryl methyl sites for hydroxylation is 1. The molecule has 1 aromatic rings. The molecule has 0 saturated heterocycles. The number of hydrogen-bond acceptors (Lipinski definition) is 4. The van der Waals surface area contributed by atoms with Crippen LogP contribution < -0.4 is 4.74 Å². The standard InChI is InChI=1S/C14H20O4/c1-5-17-14(16)11(4)18-13-8-9(2)6-7-12(13)10(3)15/h6-8,10-11,15H,5H2,1-4H3/t10-,11?/m0/s1. The van der Waals surface area contributed by atoms with Crippen LogP contribution in [0.4, 0.5) is 0 Å². The lowest BCUT2D eigenvalue weighted by Crippen LogP contribution is -2.26. The minimum Gasteiger partial charge on any atom is -0.479 e. The van der Waals surface area contributed by atoms with Crippen molar-refractivity contribution >= 4 is 5.97 Å². The van der Waals surface area contributed by atoms with Gasteiger partial charge in [-0.05, 0) is 39.3 Å². The second-order valence-corrected chi connectivity index (χ2v) is 4.23. The van der Waals surface area contributed by atoms with E-state index in [0.29, 0.717) is 17.9 Å². The molecule has 1 rings (SSSR count). The van der Waals surface area contributed by atoms with Gasteiger partial charge >= 0.3 is 5.97 Å². The number of hydrogen-bond donors (Lipinski definition) is 1. The third kappa shape index (κ3) is 3.74. The Morgan fingerprint density at radius 1 is 1.39 bits per heavy atom. The Hall–Kier alpha value is -1.55. The number of esters is 1. The SMILES string of the molecule is CCOC(=O)C(C)Oc1cc(C)ccc1[C@H](C)O. The molecule has 4 heteroatoms. The van der Waals surface area contributed by atoms with Crippen molar-refractivity contribution in [1.82, 2.24) is 0 Å². The van der Waals surface area contributed by atoms with Crippen LogP contribution in [0.2, 0.25) is 0 Å². The molecule has 0 fully saturated rings. The number of rotatable bonds is 5. The van der Waals surface area contributed by atoms with Gasteiger partial charge in [-0.25, -0.2) is 4.79 Å². The molecule has 0 spiro atoms. The molecule has 0 aliphatic rings. The fraction of sp³-hybridized carbons (Fsp3) is 0.500. The van der Waals surface area contributed by atoms with Gasteiger partial charge in [-0.15, -0.1) is 0 Å². The van der Waals surface area contributed by atoms with Crippen LogP contribution in [-0.4, -0.2) is 23.8 Å². The molecule has 0 bridgehead atoms. The summed E-state index contributed by atoms with van der Waals surface area (Å²) in [6, 6.07) is 5.49. The fourth-order valence-electron chi connectivity index (χ4n) is 1.59. The predicted octanol–water partition coefficient (Wildman–Crippen LogP) is 2.38. The third-order valence-corrected chi connectivity index (χ3v) is 2.54. The average Bonchev–Trinajstić information content (AvgIpc) is 2.28. The number of aliphatic hydroxyl groups is 1. The highest BCUT2D eigenvalue weighted by molar-refractivity contribution is 5.74. The van der Waals surface area contributed by atoms with E-state index in [2.05, 4.69) is 0 Å². The molecule has 0 heterocycles. The van der Waals surface area contributed by atoms with E-state index in [1.165, 1.54) is 0 Å². The Kier molecular flexibility index (Phi) is 5.16. The zero-order valence-electron chi connectivity index (χ0n) is 11.3. The first-order valence-electron chi connectivity index (χ1n) is 6.07.